The summed E-state index contributed by atoms with van der Waals surface area (Å²) < 4.78 is 16.8. The maximum atomic E-state index is 15.7. The summed E-state index contributed by atoms with van der Waals surface area (Å²) >= 11 is 0. The molecule has 9 rings (SSSR count). The van der Waals surface area contributed by atoms with Gasteiger partial charge in [-0.2, -0.15) is 0 Å². The average molecular weight is 2020 g/mol. The predicted octanol–water partition coefficient (Wildman–Crippen LogP) is -2.54. The molecule has 7 heterocycles. The number of unbranched alkanes of at least 4 members (excludes halogenated alkanes) is 1. The van der Waals surface area contributed by atoms with Crippen LogP contribution in [-0.4, -0.2) is 337 Å². The number of carbonyl (C=O) groups is 18. The van der Waals surface area contributed by atoms with Gasteiger partial charge in [0.15, 0.2) is 0 Å². The van der Waals surface area contributed by atoms with Gasteiger partial charge < -0.3 is 134 Å². The molecule has 22 N–H and O–H groups in total. The summed E-state index contributed by atoms with van der Waals surface area (Å²) in [5.41, 5.74) is 2.38. The summed E-state index contributed by atoms with van der Waals surface area (Å²) in [6.45, 7) is 12.1. The van der Waals surface area contributed by atoms with Gasteiger partial charge in [0.25, 0.3) is 0 Å². The summed E-state index contributed by atoms with van der Waals surface area (Å²) in [6, 6.07) is -11.0. The molecule has 4 fully saturated rings. The monoisotopic (exact) mass is 2020 g/mol. The number of amides is 16. The SMILES string of the molecule is C#CCCCC(O)NCCOCCOCCOCCC(=O)N[C@H]1C[C@H]2C(=O)N[C@@H](CC(=O)O)C(=O)N[C@H]3CSSC[C@H](NC(=O)[C@H](Cc4c[nH]c5ccccc45)NC(=O)[C@H](C(C)C)NC(=O)[C@H](CC(C)C)NC(=O)[C@H](CCC(=O)O)NC(=O)CNC(=O)[C@H](CC(C)C)NC(=O)[C@H](Cc4cnc[nH]4)NC(=O)[C@H](Cc4c[nH]c5ccccc45)NC(=O)[C@H](C)NC3=O)C(=O)N[C@@H]([C@@H](C)O)C(=O)N3CCC[C@@H]3C(=O)N2C1. The Balaban J connectivity index is 1.09. The zero-order chi connectivity index (χ0) is 103. The van der Waals surface area contributed by atoms with Crippen molar-refractivity contribution in [1.82, 2.24) is 109 Å². The first kappa shape index (κ1) is 113. The Labute approximate surface area is 828 Å². The fourth-order valence-electron chi connectivity index (χ4n) is 16.6. The molecular weight excluding hydrogens is 1890 g/mol. The number of hydrogen-bond donors (Lipinski definition) is 22. The fraction of sp³-hybridized carbons (Fsp3) is 0.585. The predicted molar refractivity (Wildman–Crippen MR) is 518 cm³/mol. The van der Waals surface area contributed by atoms with Gasteiger partial charge in [-0.05, 0) is 106 Å². The van der Waals surface area contributed by atoms with Gasteiger partial charge in [-0.3, -0.25) is 91.6 Å². The van der Waals surface area contributed by atoms with Crippen LogP contribution >= 0.6 is 21.6 Å². The van der Waals surface area contributed by atoms with E-state index in [-0.39, 0.29) is 115 Å². The summed E-state index contributed by atoms with van der Waals surface area (Å²) in [6.07, 6.45) is 6.04. The molecule has 0 saturated carbocycles. The highest BCUT2D eigenvalue weighted by Gasteiger charge is 2.49. The van der Waals surface area contributed by atoms with Gasteiger partial charge in [0.05, 0.1) is 65.0 Å². The Morgan fingerprint density at radius 1 is 0.535 bits per heavy atom. The van der Waals surface area contributed by atoms with Crippen LogP contribution in [0.4, 0.5) is 0 Å². The van der Waals surface area contributed by atoms with Crippen LogP contribution < -0.4 is 79.8 Å². The van der Waals surface area contributed by atoms with Crippen molar-refractivity contribution in [3.05, 3.63) is 90.3 Å². The molecule has 4 aliphatic heterocycles. The second-order valence-electron chi connectivity index (χ2n) is 36.6. The molecule has 2 aromatic carbocycles. The van der Waals surface area contributed by atoms with Crippen LogP contribution in [0.3, 0.4) is 0 Å². The Morgan fingerprint density at radius 3 is 1.63 bits per heavy atom. The van der Waals surface area contributed by atoms with Crippen molar-refractivity contribution in [3.63, 3.8) is 0 Å². The Bertz CT molecular complexity index is 5240. The van der Waals surface area contributed by atoms with Crippen molar-refractivity contribution in [1.29, 1.82) is 0 Å². The summed E-state index contributed by atoms with van der Waals surface area (Å²) in [7, 11) is 1.50. The van der Waals surface area contributed by atoms with Crippen LogP contribution in [0, 0.1) is 30.1 Å². The number of benzene rings is 2. The molecule has 16 amide bonds. The van der Waals surface area contributed by atoms with Crippen LogP contribution in [0.2, 0.25) is 0 Å². The number of carbonyl (C=O) groups excluding carboxylic acids is 16. The number of para-hydroxylation sites is 2. The maximum absolute atomic E-state index is 15.7. The lowest BCUT2D eigenvalue weighted by Crippen LogP contribution is -2.63. The minimum absolute atomic E-state index is 0.0605. The van der Waals surface area contributed by atoms with Gasteiger partial charge in [-0.15, -0.1) is 12.3 Å². The Kier molecular flexibility index (Phi) is 44.6. The van der Waals surface area contributed by atoms with E-state index in [0.29, 0.717) is 65.3 Å². The van der Waals surface area contributed by atoms with E-state index in [1.54, 1.807) is 102 Å². The molecule has 48 heteroatoms. The highest BCUT2D eigenvalue weighted by Crippen LogP contribution is 2.30. The van der Waals surface area contributed by atoms with E-state index < -0.39 is 259 Å². The molecule has 17 atom stereocenters. The van der Waals surface area contributed by atoms with Crippen molar-refractivity contribution in [2.24, 2.45) is 17.8 Å². The van der Waals surface area contributed by atoms with E-state index in [4.69, 9.17) is 20.6 Å². The zero-order valence-electron chi connectivity index (χ0n) is 80.7. The molecule has 4 saturated heterocycles. The fourth-order valence-corrected chi connectivity index (χ4v) is 19.0. The lowest BCUT2D eigenvalue weighted by atomic mass is 9.98. The van der Waals surface area contributed by atoms with Crippen molar-refractivity contribution >= 4 is 150 Å². The molecule has 0 radical (unpaired) electrons. The van der Waals surface area contributed by atoms with Crippen molar-refractivity contribution in [2.45, 2.75) is 255 Å². The number of aromatic amines is 3. The molecule has 1 unspecified atom stereocenters. The van der Waals surface area contributed by atoms with Crippen molar-refractivity contribution < 1.29 is 121 Å². The molecule has 46 nitrogen and oxygen atoms in total. The lowest BCUT2D eigenvalue weighted by Gasteiger charge is -2.34. The number of aliphatic hydroxyl groups is 2. The first-order valence-corrected chi connectivity index (χ1v) is 50.1. The number of aromatic nitrogens is 4. The zero-order valence-corrected chi connectivity index (χ0v) is 82.3. The van der Waals surface area contributed by atoms with Crippen LogP contribution in [0.15, 0.2) is 73.4 Å². The number of hydrogen-bond acceptors (Lipinski definition) is 27. The summed E-state index contributed by atoms with van der Waals surface area (Å²) in [5.74, 6) is -19.7. The van der Waals surface area contributed by atoms with E-state index in [1.807, 2.05) is 0 Å². The smallest absolute Gasteiger partial charge is 0.305 e. The van der Waals surface area contributed by atoms with Crippen LogP contribution in [-0.2, 0) is 120 Å². The number of nitrogens with zero attached hydrogens (tertiary/aromatic N) is 3. The normalized spacial score (nSPS) is 24.9. The van der Waals surface area contributed by atoms with E-state index in [0.717, 1.165) is 31.4 Å². The molecule has 0 aliphatic carbocycles. The van der Waals surface area contributed by atoms with Gasteiger partial charge in [0, 0.05) is 122 Å². The van der Waals surface area contributed by atoms with E-state index in [1.165, 1.54) is 26.4 Å². The van der Waals surface area contributed by atoms with Crippen LogP contribution in [0.5, 0.6) is 0 Å². The third-order valence-electron chi connectivity index (χ3n) is 24.1. The minimum atomic E-state index is -2.10. The number of aliphatic hydroxyl groups excluding tert-OH is 2. The van der Waals surface area contributed by atoms with Crippen molar-refractivity contribution in [3.8, 4) is 12.3 Å². The number of nitrogens with one attached hydrogen (secondary N) is 18. The highest BCUT2D eigenvalue weighted by molar-refractivity contribution is 8.76. The third kappa shape index (κ3) is 34.8. The number of carboxylic acids is 2. The topological polar surface area (TPSA) is 663 Å². The Hall–Kier alpha value is -12.8. The molecule has 2 bridgehead atoms. The van der Waals surface area contributed by atoms with Gasteiger partial charge in [0.1, 0.15) is 90.8 Å². The maximum Gasteiger partial charge on any atom is 0.305 e. The molecule has 5 aromatic rings. The number of rotatable bonds is 34. The third-order valence-corrected chi connectivity index (χ3v) is 26.5. The first-order valence-electron chi connectivity index (χ1n) is 47.6. The van der Waals surface area contributed by atoms with E-state index in [2.05, 4.69) is 106 Å². The number of aliphatic carboxylic acids is 2. The number of H-pyrrole nitrogens is 3. The number of fused-ring (bicyclic) bond motifs is 9. The first-order chi connectivity index (χ1) is 67.7. The molecule has 776 valence electrons. The number of carboxylic acid groups (broad SMARTS) is 2. The second-order valence-corrected chi connectivity index (χ2v) is 39.2. The summed E-state index contributed by atoms with van der Waals surface area (Å²) in [4.78, 5) is 281. The highest BCUT2D eigenvalue weighted by atomic mass is 33.1. The molecule has 4 aliphatic rings. The van der Waals surface area contributed by atoms with Gasteiger partial charge in [-0.25, -0.2) is 4.98 Å². The van der Waals surface area contributed by atoms with Gasteiger partial charge in [-0.1, -0.05) is 99.5 Å². The number of terminal acetylenes is 1. The van der Waals surface area contributed by atoms with Gasteiger partial charge >= 0.3 is 11.9 Å². The molecule has 142 heavy (non-hydrogen) atoms. The number of imidazole rings is 1. The largest absolute Gasteiger partial charge is 0.481 e. The van der Waals surface area contributed by atoms with Crippen LogP contribution in [0.25, 0.3) is 21.8 Å². The summed E-state index contributed by atoms with van der Waals surface area (Å²) in [5, 5.41) is 82.9. The molecular formula is C94H133N21O25S2. The molecule has 3 aromatic heterocycles. The average Bonchev–Trinajstić information content (AvgIpc) is 1.64. The molecule has 0 spiro atoms. The quantitative estimate of drug-likeness (QED) is 0.00873. The second kappa shape index (κ2) is 56.2. The number of ether oxygens (including phenoxy) is 3. The lowest BCUT2D eigenvalue weighted by molar-refractivity contribution is -0.149. The van der Waals surface area contributed by atoms with Crippen molar-refractivity contribution in [2.75, 3.05) is 77.3 Å². The van der Waals surface area contributed by atoms with E-state index in [9.17, 15) is 58.8 Å². The minimum Gasteiger partial charge on any atom is -0.481 e. The van der Waals surface area contributed by atoms with E-state index >= 15 is 47.9 Å². The van der Waals surface area contributed by atoms with Crippen LogP contribution in [0.1, 0.15) is 149 Å². The Morgan fingerprint density at radius 2 is 1.06 bits per heavy atom. The van der Waals surface area contributed by atoms with Gasteiger partial charge in [0.2, 0.25) is 94.5 Å². The standard InChI is InChI=1S/C94H133N21O25S2/c1-10-11-12-23-74(117)96-27-30-139-32-34-140-33-31-138-29-26-75(118)102-58-40-73-91(134)108-69(41-78(122)123)87(130)110-70-47-141-142-48-71(90(133)113-80(54(9)116)94(137)114-28-17-22-72(114)93(136)115(73)46-58)111-85(128)67(38-56-43-98-62-21-16-14-19-60(56)62)109-92(135)79(52(6)7)112-88(131)65(36-51(4)5)106-83(126)63(24-25-77(120)121)103-76(119)45-99-82(125)64(35-50(2)3)105-86(129)68(39-57-44-95-49-100-57)107-84(127)66(104-81(124)53(8)101-89(70)132)37-55-42-97-61-20-15-13-18-59(55)61/h1,13-16,18-21,42-44,49-54,58,63-74,79-80,96-98,116-117H,11-12,17,22-41,45-48H2,2-9H3,(H,95,100)(H,99,125)(H,101,132)(H,102,118)(H,103,119)(H,104,124)(H,105,129)(H,106,126)(H,107,127)(H,108,134)(H,109,135)(H,110,130)(H,111,128)(H,112,131)(H,113,133)(H,120,121)(H,122,123)/t53-,54+,58-,63-,64-,65-,66-,67-,68-,69-,70-,71-,72+,73-,74?,79-,80-/m0/s1.